The number of hydrogen-bond acceptors (Lipinski definition) is 3. The summed E-state index contributed by atoms with van der Waals surface area (Å²) in [5.41, 5.74) is 1.64. The average Bonchev–Trinajstić information content (AvgIpc) is 2.52. The molecular formula is C19H26BrNO2. The van der Waals surface area contributed by atoms with Gasteiger partial charge in [0.25, 0.3) is 0 Å². The highest BCUT2D eigenvalue weighted by Crippen LogP contribution is 2.55. The van der Waals surface area contributed by atoms with Crippen LogP contribution in [0.3, 0.4) is 0 Å². The van der Waals surface area contributed by atoms with E-state index in [2.05, 4.69) is 27.3 Å². The van der Waals surface area contributed by atoms with Gasteiger partial charge in [0, 0.05) is 16.6 Å². The third-order valence-corrected chi connectivity index (χ3v) is 6.98. The molecular weight excluding hydrogens is 354 g/mol. The summed E-state index contributed by atoms with van der Waals surface area (Å²) in [6.45, 7) is 0.896. The Kier molecular flexibility index (Phi) is 4.09. The maximum absolute atomic E-state index is 5.45. The van der Waals surface area contributed by atoms with Crippen LogP contribution in [0.25, 0.3) is 0 Å². The van der Waals surface area contributed by atoms with E-state index in [9.17, 15) is 0 Å². The second-order valence-electron chi connectivity index (χ2n) is 7.85. The van der Waals surface area contributed by atoms with Crippen LogP contribution >= 0.6 is 15.9 Å². The van der Waals surface area contributed by atoms with Crippen molar-refractivity contribution in [2.24, 2.45) is 17.8 Å². The molecule has 126 valence electrons. The van der Waals surface area contributed by atoms with Crippen molar-refractivity contribution in [3.05, 3.63) is 22.2 Å². The lowest BCUT2D eigenvalue weighted by Gasteiger charge is -2.57. The monoisotopic (exact) mass is 379 g/mol. The van der Waals surface area contributed by atoms with E-state index in [0.717, 1.165) is 40.3 Å². The Morgan fingerprint density at radius 1 is 1.00 bits per heavy atom. The molecule has 0 heterocycles. The molecule has 0 aliphatic heterocycles. The number of halogens is 1. The van der Waals surface area contributed by atoms with E-state index in [1.54, 1.807) is 14.2 Å². The first-order valence-corrected chi connectivity index (χ1v) is 9.55. The molecule has 4 heteroatoms. The van der Waals surface area contributed by atoms with Gasteiger partial charge >= 0.3 is 0 Å². The number of nitrogens with one attached hydrogen (secondary N) is 1. The lowest BCUT2D eigenvalue weighted by atomic mass is 9.53. The van der Waals surface area contributed by atoms with Crippen LogP contribution in [-0.2, 0) is 6.54 Å². The number of methoxy groups -OCH3 is 2. The van der Waals surface area contributed by atoms with E-state index in [4.69, 9.17) is 9.47 Å². The first kappa shape index (κ1) is 15.8. The summed E-state index contributed by atoms with van der Waals surface area (Å²) in [5, 5.41) is 3.95. The highest BCUT2D eigenvalue weighted by atomic mass is 79.9. The summed E-state index contributed by atoms with van der Waals surface area (Å²) < 4.78 is 11.9. The standard InChI is InChI=1S/C19H26BrNO2/c1-22-17-6-15(16(20)7-18(17)23-2)11-21-19-8-12-3-13(9-19)5-14(4-12)10-19/h6-7,12-14,21H,3-5,8-11H2,1-2H3. The molecule has 1 aromatic rings. The van der Waals surface area contributed by atoms with E-state index in [1.807, 2.05) is 6.07 Å². The van der Waals surface area contributed by atoms with Crippen LogP contribution in [0.15, 0.2) is 16.6 Å². The lowest BCUT2D eigenvalue weighted by Crippen LogP contribution is -2.58. The summed E-state index contributed by atoms with van der Waals surface area (Å²) in [6, 6.07) is 4.10. The Labute approximate surface area is 147 Å². The smallest absolute Gasteiger partial charge is 0.161 e. The molecule has 5 rings (SSSR count). The van der Waals surface area contributed by atoms with E-state index in [0.29, 0.717) is 5.54 Å². The minimum atomic E-state index is 0.390. The third-order valence-electron chi connectivity index (χ3n) is 6.24. The van der Waals surface area contributed by atoms with Gasteiger partial charge in [-0.2, -0.15) is 0 Å². The van der Waals surface area contributed by atoms with Crippen LogP contribution < -0.4 is 14.8 Å². The van der Waals surface area contributed by atoms with Crippen molar-refractivity contribution in [3.63, 3.8) is 0 Å². The van der Waals surface area contributed by atoms with E-state index < -0.39 is 0 Å². The molecule has 0 aromatic heterocycles. The van der Waals surface area contributed by atoms with Crippen molar-refractivity contribution in [2.45, 2.75) is 50.6 Å². The topological polar surface area (TPSA) is 30.5 Å². The molecule has 0 unspecified atom stereocenters. The van der Waals surface area contributed by atoms with Gasteiger partial charge in [0.2, 0.25) is 0 Å². The summed E-state index contributed by atoms with van der Waals surface area (Å²) in [4.78, 5) is 0. The molecule has 23 heavy (non-hydrogen) atoms. The fourth-order valence-corrected chi connectivity index (χ4v) is 6.10. The second kappa shape index (κ2) is 5.96. The summed E-state index contributed by atoms with van der Waals surface area (Å²) in [7, 11) is 3.37. The van der Waals surface area contributed by atoms with Crippen molar-refractivity contribution >= 4 is 15.9 Å². The highest BCUT2D eigenvalue weighted by molar-refractivity contribution is 9.10. The van der Waals surface area contributed by atoms with Crippen LogP contribution in [0, 0.1) is 17.8 Å². The average molecular weight is 380 g/mol. The Bertz CT molecular complexity index is 566. The largest absolute Gasteiger partial charge is 0.493 e. The van der Waals surface area contributed by atoms with Crippen molar-refractivity contribution < 1.29 is 9.47 Å². The van der Waals surface area contributed by atoms with Crippen LogP contribution in [0.4, 0.5) is 0 Å². The first-order chi connectivity index (χ1) is 11.1. The quantitative estimate of drug-likeness (QED) is 0.815. The first-order valence-electron chi connectivity index (χ1n) is 8.76. The van der Waals surface area contributed by atoms with Gasteiger partial charge in [-0.15, -0.1) is 0 Å². The molecule has 0 atom stereocenters. The zero-order valence-electron chi connectivity index (χ0n) is 14.0. The zero-order valence-corrected chi connectivity index (χ0v) is 15.6. The lowest BCUT2D eigenvalue weighted by molar-refractivity contribution is -0.0206. The molecule has 0 saturated heterocycles. The second-order valence-corrected chi connectivity index (χ2v) is 8.70. The molecule has 4 saturated carbocycles. The van der Waals surface area contributed by atoms with Gasteiger partial charge in [0.15, 0.2) is 11.5 Å². The van der Waals surface area contributed by atoms with Gasteiger partial charge in [-0.3, -0.25) is 0 Å². The predicted octanol–water partition coefficient (Wildman–Crippen LogP) is 4.52. The van der Waals surface area contributed by atoms with Crippen molar-refractivity contribution in [1.29, 1.82) is 0 Å². The van der Waals surface area contributed by atoms with Gasteiger partial charge in [-0.1, -0.05) is 15.9 Å². The Hall–Kier alpha value is -0.740. The SMILES string of the molecule is COc1cc(Br)c(CNC23CC4CC(CC(C4)C2)C3)cc1OC. The Morgan fingerprint density at radius 2 is 1.52 bits per heavy atom. The fraction of sp³-hybridized carbons (Fsp3) is 0.684. The van der Waals surface area contributed by atoms with Gasteiger partial charge in [0.1, 0.15) is 0 Å². The third kappa shape index (κ3) is 2.89. The van der Waals surface area contributed by atoms with Gasteiger partial charge in [0.05, 0.1) is 14.2 Å². The Balaban J connectivity index is 1.51. The normalized spacial score (nSPS) is 34.7. The predicted molar refractivity (Wildman–Crippen MR) is 95.0 cm³/mol. The maximum atomic E-state index is 5.45. The number of hydrogen-bond donors (Lipinski definition) is 1. The molecule has 4 aliphatic carbocycles. The maximum Gasteiger partial charge on any atom is 0.161 e. The number of rotatable bonds is 5. The van der Waals surface area contributed by atoms with Crippen LogP contribution in [0.1, 0.15) is 44.1 Å². The molecule has 1 aromatic carbocycles. The van der Waals surface area contributed by atoms with E-state index in [-0.39, 0.29) is 0 Å². The number of ether oxygens (including phenoxy) is 2. The highest BCUT2D eigenvalue weighted by Gasteiger charge is 2.50. The molecule has 4 bridgehead atoms. The summed E-state index contributed by atoms with van der Waals surface area (Å²) >= 11 is 3.69. The van der Waals surface area contributed by atoms with Gasteiger partial charge < -0.3 is 14.8 Å². The summed E-state index contributed by atoms with van der Waals surface area (Å²) in [5.74, 6) is 4.50. The van der Waals surface area contributed by atoms with Gasteiger partial charge in [-0.25, -0.2) is 0 Å². The van der Waals surface area contributed by atoms with E-state index >= 15 is 0 Å². The van der Waals surface area contributed by atoms with Crippen LogP contribution in [-0.4, -0.2) is 19.8 Å². The Morgan fingerprint density at radius 3 is 2.04 bits per heavy atom. The van der Waals surface area contributed by atoms with Crippen molar-refractivity contribution in [1.82, 2.24) is 5.32 Å². The molecule has 0 amide bonds. The molecule has 4 fully saturated rings. The van der Waals surface area contributed by atoms with Crippen molar-refractivity contribution in [2.75, 3.05) is 14.2 Å². The fourth-order valence-electron chi connectivity index (χ4n) is 5.64. The molecule has 1 N–H and O–H groups in total. The van der Waals surface area contributed by atoms with Crippen molar-refractivity contribution in [3.8, 4) is 11.5 Å². The van der Waals surface area contributed by atoms with Crippen LogP contribution in [0.5, 0.6) is 11.5 Å². The summed E-state index contributed by atoms with van der Waals surface area (Å²) in [6.07, 6.45) is 8.60. The molecule has 4 aliphatic rings. The zero-order chi connectivity index (χ0) is 16.0. The molecule has 0 spiro atoms. The van der Waals surface area contributed by atoms with Crippen LogP contribution in [0.2, 0.25) is 0 Å². The number of benzene rings is 1. The van der Waals surface area contributed by atoms with E-state index in [1.165, 1.54) is 44.1 Å². The molecule has 3 nitrogen and oxygen atoms in total. The minimum Gasteiger partial charge on any atom is -0.493 e. The minimum absolute atomic E-state index is 0.390. The van der Waals surface area contributed by atoms with Gasteiger partial charge in [-0.05, 0) is 74.0 Å². The molecule has 0 radical (unpaired) electrons.